The lowest BCUT2D eigenvalue weighted by Crippen LogP contribution is -2.35. The van der Waals surface area contributed by atoms with Crippen LogP contribution in [0.4, 0.5) is 5.69 Å². The van der Waals surface area contributed by atoms with Gasteiger partial charge in [0, 0.05) is 18.1 Å². The van der Waals surface area contributed by atoms with Gasteiger partial charge in [0.25, 0.3) is 5.91 Å². The van der Waals surface area contributed by atoms with E-state index < -0.39 is 0 Å². The van der Waals surface area contributed by atoms with E-state index in [4.69, 9.17) is 11.6 Å². The topological polar surface area (TPSA) is 49.4 Å². The van der Waals surface area contributed by atoms with Crippen molar-refractivity contribution in [1.29, 1.82) is 0 Å². The molecule has 0 atom stereocenters. The highest BCUT2D eigenvalue weighted by Crippen LogP contribution is 2.26. The number of carbonyl (C=O) groups excluding carboxylic acids is 2. The second-order valence-electron chi connectivity index (χ2n) is 5.98. The van der Waals surface area contributed by atoms with E-state index in [9.17, 15) is 9.59 Å². The summed E-state index contributed by atoms with van der Waals surface area (Å²) in [4.78, 5) is 26.2. The van der Waals surface area contributed by atoms with Crippen LogP contribution in [0.5, 0.6) is 0 Å². The van der Waals surface area contributed by atoms with Crippen molar-refractivity contribution < 1.29 is 9.59 Å². The van der Waals surface area contributed by atoms with Gasteiger partial charge in [-0.2, -0.15) is 0 Å². The first kappa shape index (κ1) is 18.0. The summed E-state index contributed by atoms with van der Waals surface area (Å²) < 4.78 is 0. The van der Waals surface area contributed by atoms with Crippen LogP contribution in [0.15, 0.2) is 67.3 Å². The van der Waals surface area contributed by atoms with E-state index in [2.05, 4.69) is 18.0 Å². The van der Waals surface area contributed by atoms with E-state index in [-0.39, 0.29) is 11.8 Å². The van der Waals surface area contributed by atoms with Crippen molar-refractivity contribution in [3.05, 3.63) is 83.4 Å². The van der Waals surface area contributed by atoms with E-state index >= 15 is 0 Å². The molecule has 0 fully saturated rings. The van der Waals surface area contributed by atoms with Crippen LogP contribution >= 0.6 is 11.6 Å². The zero-order valence-electron chi connectivity index (χ0n) is 14.2. The quantitative estimate of drug-likeness (QED) is 0.815. The number of hydrogen-bond acceptors (Lipinski definition) is 2. The molecule has 0 unspecified atom stereocenters. The first-order valence-corrected chi connectivity index (χ1v) is 8.73. The predicted molar refractivity (Wildman–Crippen MR) is 105 cm³/mol. The predicted octanol–water partition coefficient (Wildman–Crippen LogP) is 4.39. The molecule has 5 heteroatoms. The number of para-hydroxylation sites is 1. The molecule has 0 radical (unpaired) electrons. The highest BCUT2D eigenvalue weighted by molar-refractivity contribution is 6.30. The number of nitrogens with zero attached hydrogens (tertiary/aromatic N) is 1. The van der Waals surface area contributed by atoms with Crippen LogP contribution in [0, 0.1) is 0 Å². The van der Waals surface area contributed by atoms with Gasteiger partial charge in [0.05, 0.1) is 11.3 Å². The number of amides is 2. The molecule has 2 aromatic carbocycles. The number of rotatable bonds is 4. The van der Waals surface area contributed by atoms with Crippen molar-refractivity contribution in [3.8, 4) is 0 Å². The molecule has 0 spiro atoms. The number of carbonyl (C=O) groups is 2. The molecule has 2 amide bonds. The van der Waals surface area contributed by atoms with Crippen LogP contribution in [0.2, 0.25) is 5.02 Å². The Kier molecular flexibility index (Phi) is 5.54. The fourth-order valence-corrected chi connectivity index (χ4v) is 3.13. The van der Waals surface area contributed by atoms with Crippen LogP contribution in [-0.4, -0.2) is 29.8 Å². The number of hydrogen-bond donors (Lipinski definition) is 1. The third-order valence-electron chi connectivity index (χ3n) is 4.29. The molecule has 0 saturated carbocycles. The van der Waals surface area contributed by atoms with Crippen molar-refractivity contribution >= 4 is 34.7 Å². The molecular formula is C21H19ClN2O2. The maximum atomic E-state index is 12.9. The second kappa shape index (κ2) is 8.02. The molecule has 132 valence electrons. The zero-order chi connectivity index (χ0) is 18.5. The Morgan fingerprint density at radius 2 is 1.96 bits per heavy atom. The standard InChI is InChI=1S/C21H19ClN2O2/c1-2-20(25)23-19-9-4-3-8-18(19)21(26)24-12-10-15(11-13-24)16-6-5-7-17(22)14-16/h2-10,14H,1,11-13H2,(H,23,25). The molecule has 2 aromatic rings. The van der Waals surface area contributed by atoms with Gasteiger partial charge in [0.2, 0.25) is 5.91 Å². The van der Waals surface area contributed by atoms with Crippen LogP contribution in [-0.2, 0) is 4.79 Å². The van der Waals surface area contributed by atoms with E-state index in [0.717, 1.165) is 12.0 Å². The fraction of sp³-hybridized carbons (Fsp3) is 0.143. The van der Waals surface area contributed by atoms with Crippen LogP contribution in [0.3, 0.4) is 0 Å². The average Bonchev–Trinajstić information content (AvgIpc) is 2.68. The number of anilines is 1. The fourth-order valence-electron chi connectivity index (χ4n) is 2.94. The molecule has 3 rings (SSSR count). The van der Waals surface area contributed by atoms with Crippen molar-refractivity contribution in [2.45, 2.75) is 6.42 Å². The van der Waals surface area contributed by atoms with Gasteiger partial charge in [0.15, 0.2) is 0 Å². The first-order chi connectivity index (χ1) is 12.6. The van der Waals surface area contributed by atoms with Crippen LogP contribution < -0.4 is 5.32 Å². The van der Waals surface area contributed by atoms with Gasteiger partial charge in [-0.05, 0) is 47.9 Å². The summed E-state index contributed by atoms with van der Waals surface area (Å²) in [7, 11) is 0. The summed E-state index contributed by atoms with van der Waals surface area (Å²) in [6, 6.07) is 14.7. The maximum absolute atomic E-state index is 12.9. The minimum Gasteiger partial charge on any atom is -0.335 e. The van der Waals surface area contributed by atoms with Crippen molar-refractivity contribution in [3.63, 3.8) is 0 Å². The van der Waals surface area contributed by atoms with Crippen LogP contribution in [0.1, 0.15) is 22.3 Å². The van der Waals surface area contributed by atoms with Crippen molar-refractivity contribution in [1.82, 2.24) is 4.90 Å². The van der Waals surface area contributed by atoms with E-state index in [0.29, 0.717) is 29.4 Å². The van der Waals surface area contributed by atoms with Gasteiger partial charge in [-0.25, -0.2) is 0 Å². The average molecular weight is 367 g/mol. The zero-order valence-corrected chi connectivity index (χ0v) is 15.0. The molecule has 0 aliphatic carbocycles. The molecule has 26 heavy (non-hydrogen) atoms. The molecular weight excluding hydrogens is 348 g/mol. The summed E-state index contributed by atoms with van der Waals surface area (Å²) in [6.45, 7) is 4.57. The minimum atomic E-state index is -0.341. The van der Waals surface area contributed by atoms with E-state index in [1.165, 1.54) is 11.6 Å². The number of halogens is 1. The van der Waals surface area contributed by atoms with Gasteiger partial charge in [0.1, 0.15) is 0 Å². The first-order valence-electron chi connectivity index (χ1n) is 8.35. The van der Waals surface area contributed by atoms with Crippen molar-refractivity contribution in [2.24, 2.45) is 0 Å². The summed E-state index contributed by atoms with van der Waals surface area (Å²) in [6.07, 6.45) is 3.99. The van der Waals surface area contributed by atoms with Gasteiger partial charge in [-0.3, -0.25) is 9.59 Å². The summed E-state index contributed by atoms with van der Waals surface area (Å²) >= 11 is 6.06. The molecule has 1 N–H and O–H groups in total. The van der Waals surface area contributed by atoms with Gasteiger partial charge in [-0.15, -0.1) is 0 Å². The smallest absolute Gasteiger partial charge is 0.256 e. The molecule has 0 aromatic heterocycles. The lowest BCUT2D eigenvalue weighted by molar-refractivity contribution is -0.111. The van der Waals surface area contributed by atoms with Crippen LogP contribution in [0.25, 0.3) is 5.57 Å². The lowest BCUT2D eigenvalue weighted by Gasteiger charge is -2.27. The van der Waals surface area contributed by atoms with Gasteiger partial charge < -0.3 is 10.2 Å². The highest BCUT2D eigenvalue weighted by Gasteiger charge is 2.21. The molecule has 1 heterocycles. The Hall–Kier alpha value is -2.85. The second-order valence-corrected chi connectivity index (χ2v) is 6.42. The molecule has 1 aliphatic heterocycles. The Morgan fingerprint density at radius 3 is 2.65 bits per heavy atom. The highest BCUT2D eigenvalue weighted by atomic mass is 35.5. The van der Waals surface area contributed by atoms with E-state index in [1.54, 1.807) is 29.2 Å². The minimum absolute atomic E-state index is 0.105. The Balaban J connectivity index is 1.77. The Labute approximate surface area is 157 Å². The number of benzene rings is 2. The monoisotopic (exact) mass is 366 g/mol. The molecule has 1 aliphatic rings. The third kappa shape index (κ3) is 4.03. The van der Waals surface area contributed by atoms with Gasteiger partial charge in [-0.1, -0.05) is 48.5 Å². The SMILES string of the molecule is C=CC(=O)Nc1ccccc1C(=O)N1CC=C(c2cccc(Cl)c2)CC1. The Bertz CT molecular complexity index is 889. The molecule has 4 nitrogen and oxygen atoms in total. The summed E-state index contributed by atoms with van der Waals surface area (Å²) in [5.41, 5.74) is 3.24. The largest absolute Gasteiger partial charge is 0.335 e. The molecule has 0 saturated heterocycles. The third-order valence-corrected chi connectivity index (χ3v) is 4.53. The summed E-state index contributed by atoms with van der Waals surface area (Å²) in [5, 5.41) is 3.39. The van der Waals surface area contributed by atoms with E-state index in [1.807, 2.05) is 24.3 Å². The number of nitrogens with one attached hydrogen (secondary N) is 1. The lowest BCUT2D eigenvalue weighted by atomic mass is 9.99. The maximum Gasteiger partial charge on any atom is 0.256 e. The Morgan fingerprint density at radius 1 is 1.15 bits per heavy atom. The van der Waals surface area contributed by atoms with Gasteiger partial charge >= 0.3 is 0 Å². The normalized spacial score (nSPS) is 13.7. The summed E-state index contributed by atoms with van der Waals surface area (Å²) in [5.74, 6) is -0.446. The van der Waals surface area contributed by atoms with Crippen molar-refractivity contribution in [2.75, 3.05) is 18.4 Å². The molecule has 0 bridgehead atoms.